The van der Waals surface area contributed by atoms with Crippen molar-refractivity contribution in [1.82, 2.24) is 4.31 Å². The number of hydrogen-bond acceptors (Lipinski definition) is 10. The number of benzene rings is 4. The molecule has 0 atom stereocenters. The lowest BCUT2D eigenvalue weighted by atomic mass is 10.1. The van der Waals surface area contributed by atoms with Crippen LogP contribution in [0.2, 0.25) is 0 Å². The number of nitrogen functional groups attached to an aromatic ring is 1. The third-order valence-corrected chi connectivity index (χ3v) is 9.54. The molecule has 0 bridgehead atoms. The first-order valence-electron chi connectivity index (χ1n) is 12.8. The lowest BCUT2D eigenvalue weighted by Crippen LogP contribution is -2.30. The second kappa shape index (κ2) is 11.9. The molecule has 220 valence electrons. The van der Waals surface area contributed by atoms with Crippen molar-refractivity contribution in [3.05, 3.63) is 71.8 Å². The molecular weight excluding hydrogens is 580 g/mol. The van der Waals surface area contributed by atoms with Gasteiger partial charge in [-0.05, 0) is 78.9 Å². The first-order valence-corrected chi connectivity index (χ1v) is 15.7. The standard InChI is InChI=1S/C28H30N6O6S2/c1-5-34(6-2)41(36,37)21-12-10-20(11-13-21)30-31-23-14-18(4)24(15-17(23)3)32-33-27-25(42(38,39)40)16-19-8-7-9-22(29)26(19)28(27)35/h7-16,35H,5-6,29H2,1-4H3,(H,38,39,40)/b31-30+,33-32+. The van der Waals surface area contributed by atoms with Crippen LogP contribution in [-0.4, -0.2) is 43.9 Å². The largest absolute Gasteiger partial charge is 0.505 e. The van der Waals surface area contributed by atoms with Crippen molar-refractivity contribution in [3.8, 4) is 5.75 Å². The number of aromatic hydroxyl groups is 1. The summed E-state index contributed by atoms with van der Waals surface area (Å²) in [5.41, 5.74) is 8.35. The highest BCUT2D eigenvalue weighted by Crippen LogP contribution is 2.43. The predicted molar refractivity (Wildman–Crippen MR) is 161 cm³/mol. The van der Waals surface area contributed by atoms with E-state index in [-0.39, 0.29) is 16.0 Å². The predicted octanol–water partition coefficient (Wildman–Crippen LogP) is 6.85. The van der Waals surface area contributed by atoms with E-state index >= 15 is 0 Å². The van der Waals surface area contributed by atoms with Crippen molar-refractivity contribution in [2.75, 3.05) is 18.8 Å². The average Bonchev–Trinajstić information content (AvgIpc) is 2.93. The summed E-state index contributed by atoms with van der Waals surface area (Å²) in [5, 5.41) is 28.0. The number of anilines is 1. The SMILES string of the molecule is CCN(CC)S(=O)(=O)c1ccc(/N=N/c2cc(C)c(/N=N/c3c(S(=O)(=O)O)cc4cccc(N)c4c3O)cc2C)cc1. The second-order valence-electron chi connectivity index (χ2n) is 9.40. The van der Waals surface area contributed by atoms with Gasteiger partial charge < -0.3 is 10.8 Å². The fourth-order valence-corrected chi connectivity index (χ4v) is 6.45. The molecule has 0 aliphatic heterocycles. The molecular formula is C28H30N6O6S2. The number of azo groups is 2. The van der Waals surface area contributed by atoms with Crippen LogP contribution in [0.15, 0.2) is 90.9 Å². The molecule has 0 aromatic heterocycles. The van der Waals surface area contributed by atoms with Gasteiger partial charge in [0.25, 0.3) is 10.1 Å². The van der Waals surface area contributed by atoms with Crippen LogP contribution in [0.1, 0.15) is 25.0 Å². The van der Waals surface area contributed by atoms with Gasteiger partial charge in [-0.3, -0.25) is 4.55 Å². The molecule has 0 saturated carbocycles. The van der Waals surface area contributed by atoms with Gasteiger partial charge in [0.05, 0.1) is 22.0 Å². The van der Waals surface area contributed by atoms with E-state index in [1.165, 1.54) is 22.5 Å². The summed E-state index contributed by atoms with van der Waals surface area (Å²) in [6, 6.07) is 15.3. The molecule has 0 unspecified atom stereocenters. The minimum Gasteiger partial charge on any atom is -0.505 e. The number of sulfonamides is 1. The lowest BCUT2D eigenvalue weighted by molar-refractivity contribution is 0.445. The van der Waals surface area contributed by atoms with Gasteiger partial charge in [0.2, 0.25) is 10.0 Å². The molecule has 12 nitrogen and oxygen atoms in total. The number of phenolic OH excluding ortho intramolecular Hbond substituents is 1. The highest BCUT2D eigenvalue weighted by molar-refractivity contribution is 7.89. The normalized spacial score (nSPS) is 12.7. The van der Waals surface area contributed by atoms with E-state index < -0.39 is 36.5 Å². The van der Waals surface area contributed by atoms with E-state index in [2.05, 4.69) is 20.5 Å². The maximum absolute atomic E-state index is 12.7. The van der Waals surface area contributed by atoms with E-state index in [1.54, 1.807) is 70.2 Å². The van der Waals surface area contributed by atoms with Crippen molar-refractivity contribution in [3.63, 3.8) is 0 Å². The monoisotopic (exact) mass is 610 g/mol. The number of phenols is 1. The molecule has 4 rings (SSSR count). The number of aryl methyl sites for hydroxylation is 2. The smallest absolute Gasteiger partial charge is 0.296 e. The van der Waals surface area contributed by atoms with Crippen LogP contribution in [-0.2, 0) is 20.1 Å². The van der Waals surface area contributed by atoms with Gasteiger partial charge >= 0.3 is 0 Å². The van der Waals surface area contributed by atoms with Crippen LogP contribution in [0.3, 0.4) is 0 Å². The van der Waals surface area contributed by atoms with E-state index in [0.717, 1.165) is 0 Å². The maximum Gasteiger partial charge on any atom is 0.296 e. The Hall–Kier alpha value is -4.24. The zero-order chi connectivity index (χ0) is 30.8. The van der Waals surface area contributed by atoms with Crippen LogP contribution in [0, 0.1) is 13.8 Å². The summed E-state index contributed by atoms with van der Waals surface area (Å²) in [6.45, 7) is 7.80. The first-order chi connectivity index (χ1) is 19.8. The van der Waals surface area contributed by atoms with Crippen molar-refractivity contribution in [2.45, 2.75) is 37.5 Å². The molecule has 0 aliphatic rings. The van der Waals surface area contributed by atoms with Crippen LogP contribution in [0.5, 0.6) is 5.75 Å². The Morgan fingerprint density at radius 1 is 0.810 bits per heavy atom. The second-order valence-corrected chi connectivity index (χ2v) is 12.7. The van der Waals surface area contributed by atoms with Crippen LogP contribution in [0.25, 0.3) is 10.8 Å². The van der Waals surface area contributed by atoms with E-state index in [0.29, 0.717) is 46.7 Å². The Labute approximate surface area is 244 Å². The van der Waals surface area contributed by atoms with Crippen LogP contribution in [0.4, 0.5) is 28.4 Å². The zero-order valence-electron chi connectivity index (χ0n) is 23.3. The highest BCUT2D eigenvalue weighted by atomic mass is 32.2. The summed E-state index contributed by atoms with van der Waals surface area (Å²) in [7, 11) is -8.34. The van der Waals surface area contributed by atoms with E-state index in [1.807, 2.05) is 0 Å². The van der Waals surface area contributed by atoms with Crippen LogP contribution >= 0.6 is 0 Å². The van der Waals surface area contributed by atoms with Gasteiger partial charge in [0.15, 0.2) is 5.75 Å². The number of rotatable bonds is 9. The minimum atomic E-state index is -4.76. The van der Waals surface area contributed by atoms with Gasteiger partial charge in [0.1, 0.15) is 10.6 Å². The third-order valence-electron chi connectivity index (χ3n) is 6.61. The summed E-state index contributed by atoms with van der Waals surface area (Å²) in [5.74, 6) is -0.530. The van der Waals surface area contributed by atoms with Crippen molar-refractivity contribution < 1.29 is 26.5 Å². The number of fused-ring (bicyclic) bond motifs is 1. The van der Waals surface area contributed by atoms with Crippen molar-refractivity contribution in [1.29, 1.82) is 0 Å². The molecule has 0 heterocycles. The molecule has 42 heavy (non-hydrogen) atoms. The third kappa shape index (κ3) is 6.16. The summed E-state index contributed by atoms with van der Waals surface area (Å²) in [4.78, 5) is -0.443. The Morgan fingerprint density at radius 3 is 1.93 bits per heavy atom. The summed E-state index contributed by atoms with van der Waals surface area (Å²) in [6.07, 6.45) is 0. The number of nitrogens with two attached hydrogens (primary N) is 1. The number of hydrogen-bond donors (Lipinski definition) is 3. The Morgan fingerprint density at radius 2 is 1.38 bits per heavy atom. The average molecular weight is 611 g/mol. The quantitative estimate of drug-likeness (QED) is 0.105. The minimum absolute atomic E-state index is 0.171. The first kappa shape index (κ1) is 30.7. The van der Waals surface area contributed by atoms with Gasteiger partial charge in [-0.1, -0.05) is 26.0 Å². The zero-order valence-corrected chi connectivity index (χ0v) is 25.0. The highest BCUT2D eigenvalue weighted by Gasteiger charge is 2.23. The van der Waals surface area contributed by atoms with Crippen molar-refractivity contribution >= 4 is 59.4 Å². The van der Waals surface area contributed by atoms with E-state index in [4.69, 9.17) is 5.73 Å². The molecule has 0 aliphatic carbocycles. The number of nitrogens with zero attached hydrogens (tertiary/aromatic N) is 5. The molecule has 4 aromatic carbocycles. The Kier molecular flexibility index (Phi) is 8.73. The summed E-state index contributed by atoms with van der Waals surface area (Å²) < 4.78 is 60.7. The Balaban J connectivity index is 1.65. The molecule has 0 saturated heterocycles. The molecule has 0 spiro atoms. The van der Waals surface area contributed by atoms with Crippen LogP contribution < -0.4 is 5.73 Å². The Bertz CT molecular complexity index is 1940. The van der Waals surface area contributed by atoms with Gasteiger partial charge in [-0.15, -0.1) is 5.11 Å². The molecule has 14 heteroatoms. The van der Waals surface area contributed by atoms with Gasteiger partial charge in [-0.25, -0.2) is 8.42 Å². The van der Waals surface area contributed by atoms with E-state index in [9.17, 15) is 26.5 Å². The van der Waals surface area contributed by atoms with Gasteiger partial charge in [-0.2, -0.15) is 28.1 Å². The molecule has 0 amide bonds. The lowest BCUT2D eigenvalue weighted by Gasteiger charge is -2.18. The molecule has 0 fully saturated rings. The molecule has 0 radical (unpaired) electrons. The van der Waals surface area contributed by atoms with Crippen molar-refractivity contribution in [2.24, 2.45) is 20.5 Å². The summed E-state index contributed by atoms with van der Waals surface area (Å²) >= 11 is 0. The van der Waals surface area contributed by atoms with Gasteiger partial charge in [0, 0.05) is 24.2 Å². The fraction of sp³-hybridized carbons (Fsp3) is 0.214. The molecule has 4 aromatic rings. The maximum atomic E-state index is 12.7. The topological polar surface area (TPSA) is 187 Å². The fourth-order valence-electron chi connectivity index (χ4n) is 4.33. The molecule has 4 N–H and O–H groups in total.